The van der Waals surface area contributed by atoms with E-state index in [1.54, 1.807) is 17.2 Å². The van der Waals surface area contributed by atoms with E-state index < -0.39 is 0 Å². The third kappa shape index (κ3) is 3.21. The van der Waals surface area contributed by atoms with Gasteiger partial charge in [0.2, 0.25) is 5.91 Å². The second-order valence-electron chi connectivity index (χ2n) is 3.55. The van der Waals surface area contributed by atoms with Crippen molar-refractivity contribution in [3.05, 3.63) is 24.3 Å². The molecule has 0 aliphatic heterocycles. The Morgan fingerprint density at radius 2 is 2.29 bits per heavy atom. The van der Waals surface area contributed by atoms with Crippen LogP contribution in [0.25, 0.3) is 11.0 Å². The monoisotopic (exact) mass is 251 g/mol. The number of amides is 1. The first-order valence-electron chi connectivity index (χ1n) is 5.30. The molecule has 0 radical (unpaired) electrons. The van der Waals surface area contributed by atoms with Crippen molar-refractivity contribution in [1.29, 1.82) is 0 Å². The number of benzene rings is 1. The predicted molar refractivity (Wildman–Crippen MR) is 66.0 cm³/mol. The van der Waals surface area contributed by atoms with Crippen LogP contribution in [0.2, 0.25) is 0 Å². The van der Waals surface area contributed by atoms with Crippen LogP contribution in [0.15, 0.2) is 29.4 Å². The summed E-state index contributed by atoms with van der Waals surface area (Å²) < 4.78 is 0. The van der Waals surface area contributed by atoms with Crippen molar-refractivity contribution < 1.29 is 10.0 Å². The molecule has 1 aromatic heterocycles. The van der Waals surface area contributed by atoms with Gasteiger partial charge in [-0.2, -0.15) is 0 Å². The molecule has 0 saturated carbocycles. The number of carbonyl (C=O) groups excluding carboxylic acids is 1. The number of aromatic nitrogens is 2. The van der Waals surface area contributed by atoms with E-state index in [9.17, 15) is 4.79 Å². The number of nitrogens with zero attached hydrogens (tertiary/aromatic N) is 1. The summed E-state index contributed by atoms with van der Waals surface area (Å²) in [4.78, 5) is 18.4. The van der Waals surface area contributed by atoms with Crippen molar-refractivity contribution in [3.63, 3.8) is 0 Å². The minimum absolute atomic E-state index is 0.323. The molecule has 6 heteroatoms. The molecular formula is C11H13N3O2S. The Balaban J connectivity index is 1.85. The van der Waals surface area contributed by atoms with Gasteiger partial charge in [-0.25, -0.2) is 10.5 Å². The zero-order valence-electron chi connectivity index (χ0n) is 9.14. The highest BCUT2D eigenvalue weighted by atomic mass is 32.2. The Labute approximate surface area is 103 Å². The van der Waals surface area contributed by atoms with Crippen LogP contribution in [-0.2, 0) is 4.79 Å². The standard InChI is InChI=1S/C11H13N3O2S/c15-10(14-16)6-3-7-17-11-12-8-4-1-2-5-9(8)13-11/h1-2,4-5,16H,3,6-7H2,(H,12,13)(H,14,15). The number of fused-ring (bicyclic) bond motifs is 1. The van der Waals surface area contributed by atoms with Gasteiger partial charge in [0.05, 0.1) is 11.0 Å². The molecule has 2 rings (SSSR count). The third-order valence-corrected chi connectivity index (χ3v) is 3.24. The summed E-state index contributed by atoms with van der Waals surface area (Å²) in [6, 6.07) is 7.84. The van der Waals surface area contributed by atoms with Crippen molar-refractivity contribution >= 4 is 28.7 Å². The lowest BCUT2D eigenvalue weighted by Gasteiger charge is -1.97. The number of hydroxylamine groups is 1. The number of hydrogen-bond acceptors (Lipinski definition) is 4. The maximum atomic E-state index is 10.8. The van der Waals surface area contributed by atoms with Gasteiger partial charge in [-0.15, -0.1) is 0 Å². The smallest absolute Gasteiger partial charge is 0.243 e. The van der Waals surface area contributed by atoms with Crippen LogP contribution in [0.1, 0.15) is 12.8 Å². The maximum absolute atomic E-state index is 10.8. The molecule has 0 atom stereocenters. The minimum atomic E-state index is -0.352. The molecular weight excluding hydrogens is 238 g/mol. The summed E-state index contributed by atoms with van der Waals surface area (Å²) in [5, 5.41) is 9.18. The molecule has 5 nitrogen and oxygen atoms in total. The average Bonchev–Trinajstić information content (AvgIpc) is 2.76. The fourth-order valence-electron chi connectivity index (χ4n) is 1.46. The van der Waals surface area contributed by atoms with Gasteiger partial charge in [-0.3, -0.25) is 10.0 Å². The number of thioether (sulfide) groups is 1. The van der Waals surface area contributed by atoms with E-state index in [0.717, 1.165) is 21.9 Å². The number of hydrogen-bond donors (Lipinski definition) is 3. The minimum Gasteiger partial charge on any atom is -0.333 e. The van der Waals surface area contributed by atoms with Crippen LogP contribution in [0, 0.1) is 0 Å². The van der Waals surface area contributed by atoms with E-state index in [4.69, 9.17) is 5.21 Å². The second kappa shape index (κ2) is 5.70. The fraction of sp³-hybridized carbons (Fsp3) is 0.273. The van der Waals surface area contributed by atoms with Gasteiger partial charge in [0.15, 0.2) is 5.16 Å². The molecule has 0 aliphatic carbocycles. The molecule has 1 amide bonds. The Bertz CT molecular complexity index is 479. The van der Waals surface area contributed by atoms with Gasteiger partial charge in [-0.1, -0.05) is 23.9 Å². The van der Waals surface area contributed by atoms with E-state index in [1.807, 2.05) is 24.3 Å². The van der Waals surface area contributed by atoms with Gasteiger partial charge >= 0.3 is 0 Å². The lowest BCUT2D eigenvalue weighted by molar-refractivity contribution is -0.129. The first kappa shape index (κ1) is 11.9. The van der Waals surface area contributed by atoms with Crippen LogP contribution >= 0.6 is 11.8 Å². The highest BCUT2D eigenvalue weighted by molar-refractivity contribution is 7.99. The number of carbonyl (C=O) groups is 1. The molecule has 0 fully saturated rings. The molecule has 2 aromatic rings. The van der Waals surface area contributed by atoms with E-state index in [-0.39, 0.29) is 5.91 Å². The maximum Gasteiger partial charge on any atom is 0.243 e. The molecule has 1 aromatic carbocycles. The molecule has 0 aliphatic rings. The largest absolute Gasteiger partial charge is 0.333 e. The molecule has 0 bridgehead atoms. The molecule has 0 unspecified atom stereocenters. The van der Waals surface area contributed by atoms with Crippen LogP contribution < -0.4 is 5.48 Å². The number of H-pyrrole nitrogens is 1. The van der Waals surface area contributed by atoms with Gasteiger partial charge < -0.3 is 4.98 Å². The SMILES string of the molecule is O=C(CCCSc1nc2ccccc2[nH]1)NO. The number of imidazole rings is 1. The molecule has 1 heterocycles. The van der Waals surface area contributed by atoms with Crippen molar-refractivity contribution in [1.82, 2.24) is 15.4 Å². The number of aromatic amines is 1. The second-order valence-corrected chi connectivity index (χ2v) is 4.63. The normalized spacial score (nSPS) is 10.6. The fourth-order valence-corrected chi connectivity index (χ4v) is 2.28. The Morgan fingerprint density at radius 1 is 1.47 bits per heavy atom. The molecule has 90 valence electrons. The summed E-state index contributed by atoms with van der Waals surface area (Å²) in [6.45, 7) is 0. The van der Waals surface area contributed by atoms with Crippen molar-refractivity contribution in [3.8, 4) is 0 Å². The first-order chi connectivity index (χ1) is 8.29. The van der Waals surface area contributed by atoms with Gasteiger partial charge in [-0.05, 0) is 18.6 Å². The highest BCUT2D eigenvalue weighted by Crippen LogP contribution is 2.19. The molecule has 17 heavy (non-hydrogen) atoms. The van der Waals surface area contributed by atoms with Crippen LogP contribution in [0.5, 0.6) is 0 Å². The van der Waals surface area contributed by atoms with Crippen LogP contribution in [0.4, 0.5) is 0 Å². The molecule has 0 saturated heterocycles. The topological polar surface area (TPSA) is 78.0 Å². The van der Waals surface area contributed by atoms with Gasteiger partial charge in [0.25, 0.3) is 0 Å². The quantitative estimate of drug-likeness (QED) is 0.328. The lowest BCUT2D eigenvalue weighted by Crippen LogP contribution is -2.17. The van der Waals surface area contributed by atoms with E-state index in [1.165, 1.54) is 0 Å². The molecule has 3 N–H and O–H groups in total. The molecule has 0 spiro atoms. The first-order valence-corrected chi connectivity index (χ1v) is 6.28. The van der Waals surface area contributed by atoms with Crippen molar-refractivity contribution in [2.24, 2.45) is 0 Å². The van der Waals surface area contributed by atoms with E-state index >= 15 is 0 Å². The summed E-state index contributed by atoms with van der Waals surface area (Å²) in [6.07, 6.45) is 1.03. The number of para-hydroxylation sites is 2. The summed E-state index contributed by atoms with van der Waals surface area (Å²) in [5.41, 5.74) is 3.58. The highest BCUT2D eigenvalue weighted by Gasteiger charge is 2.03. The van der Waals surface area contributed by atoms with Gasteiger partial charge in [0.1, 0.15) is 0 Å². The Hall–Kier alpha value is -1.53. The predicted octanol–water partition coefficient (Wildman–Crippen LogP) is 1.94. The third-order valence-electron chi connectivity index (χ3n) is 2.28. The van der Waals surface area contributed by atoms with Gasteiger partial charge in [0, 0.05) is 12.2 Å². The Kier molecular flexibility index (Phi) is 4.00. The van der Waals surface area contributed by atoms with Crippen molar-refractivity contribution in [2.75, 3.05) is 5.75 Å². The summed E-state index contributed by atoms with van der Waals surface area (Å²) in [7, 11) is 0. The zero-order valence-corrected chi connectivity index (χ0v) is 9.96. The van der Waals surface area contributed by atoms with E-state index in [0.29, 0.717) is 12.8 Å². The van der Waals surface area contributed by atoms with E-state index in [2.05, 4.69) is 9.97 Å². The van der Waals surface area contributed by atoms with Crippen molar-refractivity contribution in [2.45, 2.75) is 18.0 Å². The van der Waals surface area contributed by atoms with Crippen LogP contribution in [0.3, 0.4) is 0 Å². The number of nitrogens with one attached hydrogen (secondary N) is 2. The number of rotatable bonds is 5. The lowest BCUT2D eigenvalue weighted by atomic mass is 10.3. The average molecular weight is 251 g/mol. The Morgan fingerprint density at radius 3 is 3.06 bits per heavy atom. The summed E-state index contributed by atoms with van der Waals surface area (Å²) in [5.74, 6) is 0.433. The van der Waals surface area contributed by atoms with Crippen LogP contribution in [-0.4, -0.2) is 26.8 Å². The summed E-state index contributed by atoms with van der Waals surface area (Å²) >= 11 is 1.57. The zero-order chi connectivity index (χ0) is 12.1.